The van der Waals surface area contributed by atoms with Gasteiger partial charge in [0.25, 0.3) is 0 Å². The van der Waals surface area contributed by atoms with Gasteiger partial charge in [0.15, 0.2) is 0 Å². The summed E-state index contributed by atoms with van der Waals surface area (Å²) < 4.78 is 12.6. The molecule has 0 saturated heterocycles. The van der Waals surface area contributed by atoms with Gasteiger partial charge in [-0.3, -0.25) is 0 Å². The molecule has 0 fully saturated rings. The van der Waals surface area contributed by atoms with Gasteiger partial charge in [-0.2, -0.15) is 0 Å². The first-order chi connectivity index (χ1) is 20.4. The Morgan fingerprint density at radius 3 is 0.848 bits per heavy atom. The van der Waals surface area contributed by atoms with E-state index in [9.17, 15) is 4.79 Å². The zero-order chi connectivity index (χ0) is 36.0. The first-order valence-electron chi connectivity index (χ1n) is 17.7. The van der Waals surface area contributed by atoms with Crippen LogP contribution in [0.2, 0.25) is 0 Å². The van der Waals surface area contributed by atoms with Crippen molar-refractivity contribution in [2.75, 3.05) is 0 Å². The molecule has 2 atom stereocenters. The maximum absolute atomic E-state index is 13.8. The Morgan fingerprint density at radius 2 is 0.652 bits per heavy atom. The molecule has 0 N–H and O–H groups in total. The van der Waals surface area contributed by atoms with E-state index in [4.69, 9.17) is 9.47 Å². The van der Waals surface area contributed by atoms with Gasteiger partial charge in [-0.15, -0.1) is 0 Å². The quantitative estimate of drug-likeness (QED) is 0.297. The van der Waals surface area contributed by atoms with Crippen LogP contribution in [0.15, 0.2) is 24.3 Å². The van der Waals surface area contributed by atoms with Crippen molar-refractivity contribution in [3.63, 3.8) is 0 Å². The highest BCUT2D eigenvalue weighted by molar-refractivity contribution is 5.62. The van der Waals surface area contributed by atoms with Crippen molar-refractivity contribution >= 4 is 6.16 Å². The summed E-state index contributed by atoms with van der Waals surface area (Å²) in [5.41, 5.74) is 9.49. The van der Waals surface area contributed by atoms with Crippen LogP contribution in [-0.2, 0) is 42.0 Å². The Kier molecular flexibility index (Phi) is 11.5. The lowest BCUT2D eigenvalue weighted by Gasteiger charge is -2.36. The van der Waals surface area contributed by atoms with Gasteiger partial charge < -0.3 is 9.47 Å². The number of carbonyl (C=O) groups is 1. The molecule has 0 spiro atoms. The van der Waals surface area contributed by atoms with Crippen LogP contribution >= 0.6 is 0 Å². The van der Waals surface area contributed by atoms with Crippen molar-refractivity contribution in [3.8, 4) is 0 Å². The van der Waals surface area contributed by atoms with Crippen LogP contribution in [0, 0.1) is 0 Å². The summed E-state index contributed by atoms with van der Waals surface area (Å²) in [7, 11) is 0. The number of hydrogen-bond donors (Lipinski definition) is 0. The van der Waals surface area contributed by atoms with Gasteiger partial charge in [0.1, 0.15) is 12.2 Å². The van der Waals surface area contributed by atoms with Crippen molar-refractivity contribution in [2.45, 2.75) is 196 Å². The van der Waals surface area contributed by atoms with E-state index in [2.05, 4.69) is 163 Å². The summed E-state index contributed by atoms with van der Waals surface area (Å²) in [6.07, 6.45) is -0.105. The number of hydrogen-bond acceptors (Lipinski definition) is 3. The second kappa shape index (κ2) is 13.3. The summed E-state index contributed by atoms with van der Waals surface area (Å²) in [5.74, 6) is 0. The fraction of sp³-hybridized carbons (Fsp3) is 0.698. The van der Waals surface area contributed by atoms with Crippen molar-refractivity contribution in [2.24, 2.45) is 0 Å². The van der Waals surface area contributed by atoms with E-state index in [1.165, 1.54) is 33.4 Å². The van der Waals surface area contributed by atoms with Gasteiger partial charge in [0.05, 0.1) is 0 Å². The van der Waals surface area contributed by atoms with Crippen LogP contribution in [0.3, 0.4) is 0 Å². The highest BCUT2D eigenvalue weighted by Gasteiger charge is 2.35. The molecule has 0 saturated carbocycles. The molecule has 0 amide bonds. The molecule has 260 valence electrons. The normalized spacial score (nSPS) is 15.0. The Balaban J connectivity index is 2.69. The van der Waals surface area contributed by atoms with Crippen LogP contribution in [-0.4, -0.2) is 6.16 Å². The monoisotopic (exact) mass is 635 g/mol. The molecule has 2 rings (SSSR count). The fourth-order valence-electron chi connectivity index (χ4n) is 6.54. The zero-order valence-corrected chi connectivity index (χ0v) is 33.6. The molecule has 2 aromatic carbocycles. The van der Waals surface area contributed by atoms with E-state index in [-0.39, 0.29) is 32.5 Å². The third-order valence-corrected chi connectivity index (χ3v) is 9.14. The maximum atomic E-state index is 13.8. The average Bonchev–Trinajstić information content (AvgIpc) is 2.85. The summed E-state index contributed by atoms with van der Waals surface area (Å²) in [6, 6.07) is 9.39. The molecule has 0 heterocycles. The topological polar surface area (TPSA) is 35.5 Å². The molecule has 2 aromatic rings. The van der Waals surface area contributed by atoms with Crippen LogP contribution in [0.25, 0.3) is 0 Å². The molecule has 46 heavy (non-hydrogen) atoms. The first-order valence-corrected chi connectivity index (χ1v) is 17.7. The maximum Gasteiger partial charge on any atom is 0.509 e. The van der Waals surface area contributed by atoms with Gasteiger partial charge in [0.2, 0.25) is 0 Å². The van der Waals surface area contributed by atoms with Crippen molar-refractivity contribution < 1.29 is 14.3 Å². The summed E-state index contributed by atoms with van der Waals surface area (Å²) in [5, 5.41) is 0. The Hall–Kier alpha value is -2.29. The predicted octanol–water partition coefficient (Wildman–Crippen LogP) is 13.2. The van der Waals surface area contributed by atoms with Gasteiger partial charge in [-0.05, 0) is 89.8 Å². The van der Waals surface area contributed by atoms with Crippen molar-refractivity contribution in [3.05, 3.63) is 68.8 Å². The van der Waals surface area contributed by atoms with Gasteiger partial charge >= 0.3 is 6.16 Å². The number of carbonyl (C=O) groups excluding carboxylic acids is 1. The molecule has 3 nitrogen and oxygen atoms in total. The Bertz CT molecular complexity index is 1260. The second-order valence-corrected chi connectivity index (χ2v) is 19.7. The Labute approximate surface area is 284 Å². The van der Waals surface area contributed by atoms with Crippen molar-refractivity contribution in [1.82, 2.24) is 0 Å². The van der Waals surface area contributed by atoms with Gasteiger partial charge in [-0.1, -0.05) is 163 Å². The van der Waals surface area contributed by atoms with Crippen LogP contribution in [0.1, 0.15) is 208 Å². The summed E-state index contributed by atoms with van der Waals surface area (Å²) >= 11 is 0. The van der Waals surface area contributed by atoms with Crippen molar-refractivity contribution in [1.29, 1.82) is 0 Å². The molecule has 0 aliphatic heterocycles. The predicted molar refractivity (Wildman–Crippen MR) is 199 cm³/mol. The summed E-state index contributed by atoms with van der Waals surface area (Å²) in [4.78, 5) is 13.8. The SMILES string of the molecule is CCC(OC(=O)OC(CC)c1cc(C(C)(C)C)c(C(C)(C)C)cc1C(C)(C)C)c1cc(C(C)(C)C)c(C(C)(C)C)cc1C(C)(C)C. The second-order valence-electron chi connectivity index (χ2n) is 19.7. The van der Waals surface area contributed by atoms with E-state index in [0.717, 1.165) is 11.1 Å². The number of benzene rings is 2. The minimum atomic E-state index is -0.604. The molecule has 0 aromatic heterocycles. The van der Waals surface area contributed by atoms with Gasteiger partial charge in [0, 0.05) is 0 Å². The molecular weight excluding hydrogens is 564 g/mol. The lowest BCUT2D eigenvalue weighted by Crippen LogP contribution is -2.28. The minimum absolute atomic E-state index is 0.0177. The lowest BCUT2D eigenvalue weighted by atomic mass is 9.70. The van der Waals surface area contributed by atoms with E-state index in [1.54, 1.807) is 0 Å². The number of rotatable bonds is 6. The molecule has 0 bridgehead atoms. The minimum Gasteiger partial charge on any atom is -0.426 e. The van der Waals surface area contributed by atoms with Crippen LogP contribution in [0.4, 0.5) is 4.79 Å². The van der Waals surface area contributed by atoms with E-state index < -0.39 is 18.4 Å². The average molecular weight is 635 g/mol. The molecule has 3 heteroatoms. The number of ether oxygens (including phenoxy) is 2. The highest BCUT2D eigenvalue weighted by Crippen LogP contribution is 2.44. The third kappa shape index (κ3) is 9.41. The summed E-state index contributed by atoms with van der Waals surface area (Å²) in [6.45, 7) is 45.0. The smallest absolute Gasteiger partial charge is 0.426 e. The van der Waals surface area contributed by atoms with Crippen LogP contribution < -0.4 is 0 Å². The zero-order valence-electron chi connectivity index (χ0n) is 33.6. The molecule has 2 unspecified atom stereocenters. The largest absolute Gasteiger partial charge is 0.509 e. The van der Waals surface area contributed by atoms with E-state index in [1.807, 2.05) is 0 Å². The Morgan fingerprint density at radius 1 is 0.435 bits per heavy atom. The molecular formula is C43H70O3. The molecule has 0 aliphatic rings. The third-order valence-electron chi connectivity index (χ3n) is 9.14. The standard InChI is InChI=1S/C43H70O3/c1-21-35(27-23-31(40(9,10)11)33(42(15,16)17)25-29(27)38(3,4)5)45-37(44)46-36(22-2)28-24-32(41(12,13)14)34(43(18,19)20)26-30(28)39(6,7)8/h23-26,35-36H,21-22H2,1-20H3. The van der Waals surface area contributed by atoms with Gasteiger partial charge in [-0.25, -0.2) is 4.79 Å². The van der Waals surface area contributed by atoms with Crippen LogP contribution in [0.5, 0.6) is 0 Å². The lowest BCUT2D eigenvalue weighted by molar-refractivity contribution is -0.00604. The molecule has 0 aliphatic carbocycles. The molecule has 0 radical (unpaired) electrons. The van der Waals surface area contributed by atoms with E-state index >= 15 is 0 Å². The fourth-order valence-corrected chi connectivity index (χ4v) is 6.54. The first kappa shape index (κ1) is 39.9. The highest BCUT2D eigenvalue weighted by atomic mass is 16.7. The van der Waals surface area contributed by atoms with E-state index in [0.29, 0.717) is 12.8 Å².